The van der Waals surface area contributed by atoms with Gasteiger partial charge in [0, 0.05) is 26.2 Å². The number of piperidine rings is 1. The zero-order valence-corrected chi connectivity index (χ0v) is 16.0. The first-order valence-corrected chi connectivity index (χ1v) is 9.93. The smallest absolute Gasteiger partial charge is 0.143 e. The van der Waals surface area contributed by atoms with Gasteiger partial charge in [0.2, 0.25) is 0 Å². The topological polar surface area (TPSA) is 26.8 Å². The lowest BCUT2D eigenvalue weighted by molar-refractivity contribution is -0.118. The maximum Gasteiger partial charge on any atom is 0.143 e. The van der Waals surface area contributed by atoms with Crippen molar-refractivity contribution in [2.75, 3.05) is 57.3 Å². The van der Waals surface area contributed by atoms with Crippen LogP contribution in [0.5, 0.6) is 0 Å². The zero-order chi connectivity index (χ0) is 17.6. The van der Waals surface area contributed by atoms with E-state index in [-0.39, 0.29) is 5.78 Å². The molecule has 1 aromatic rings. The van der Waals surface area contributed by atoms with Crippen molar-refractivity contribution in [3.05, 3.63) is 29.3 Å². The monoisotopic (exact) mass is 363 g/mol. The molecule has 4 nitrogen and oxygen atoms in total. The van der Waals surface area contributed by atoms with E-state index < -0.39 is 0 Å². The number of hydrogen-bond donors (Lipinski definition) is 0. The van der Waals surface area contributed by atoms with Gasteiger partial charge in [0.15, 0.2) is 0 Å². The Hall–Kier alpha value is -1.10. The zero-order valence-electron chi connectivity index (χ0n) is 15.3. The van der Waals surface area contributed by atoms with Crippen LogP contribution in [0.2, 0.25) is 5.02 Å². The Kier molecular flexibility index (Phi) is 6.74. The summed E-state index contributed by atoms with van der Waals surface area (Å²) in [7, 11) is 0. The van der Waals surface area contributed by atoms with E-state index >= 15 is 0 Å². The summed E-state index contributed by atoms with van der Waals surface area (Å²) < 4.78 is 0. The van der Waals surface area contributed by atoms with Crippen LogP contribution in [-0.4, -0.2) is 67.9 Å². The minimum atomic E-state index is 0.287. The standard InChI is InChI=1S/C20H30ClN3O/c1-17(25)16-23-10-7-18(8-11-23)6-9-22-12-14-24(15-13-22)20-5-3-2-4-19(20)21/h2-5,18H,6-16H2,1H3. The molecule has 0 atom stereocenters. The van der Waals surface area contributed by atoms with Gasteiger partial charge in [-0.15, -0.1) is 0 Å². The fourth-order valence-corrected chi connectivity index (χ4v) is 4.29. The maximum absolute atomic E-state index is 11.2. The van der Waals surface area contributed by atoms with Crippen LogP contribution in [-0.2, 0) is 4.79 Å². The Morgan fingerprint density at radius 2 is 1.72 bits per heavy atom. The van der Waals surface area contributed by atoms with Crippen LogP contribution in [0, 0.1) is 5.92 Å². The molecular formula is C20H30ClN3O. The van der Waals surface area contributed by atoms with Crippen LogP contribution in [0.4, 0.5) is 5.69 Å². The van der Waals surface area contributed by atoms with Gasteiger partial charge in [-0.25, -0.2) is 0 Å². The lowest BCUT2D eigenvalue weighted by Gasteiger charge is -2.38. The van der Waals surface area contributed by atoms with Gasteiger partial charge >= 0.3 is 0 Å². The van der Waals surface area contributed by atoms with Crippen LogP contribution in [0.15, 0.2) is 24.3 Å². The largest absolute Gasteiger partial charge is 0.368 e. The molecule has 138 valence electrons. The number of carbonyl (C=O) groups excluding carboxylic acids is 1. The van der Waals surface area contributed by atoms with Gasteiger partial charge in [-0.05, 0) is 63.9 Å². The van der Waals surface area contributed by atoms with E-state index in [9.17, 15) is 4.79 Å². The molecular weight excluding hydrogens is 334 g/mol. The molecule has 2 fully saturated rings. The van der Waals surface area contributed by atoms with Crippen molar-refractivity contribution >= 4 is 23.1 Å². The molecule has 0 bridgehead atoms. The Labute approximate surface area is 156 Å². The summed E-state index contributed by atoms with van der Waals surface area (Å²) in [5, 5.41) is 0.855. The average Bonchev–Trinajstić information content (AvgIpc) is 2.62. The summed E-state index contributed by atoms with van der Waals surface area (Å²) >= 11 is 6.32. The predicted molar refractivity (Wildman–Crippen MR) is 105 cm³/mol. The summed E-state index contributed by atoms with van der Waals surface area (Å²) in [5.41, 5.74) is 1.17. The van der Waals surface area contributed by atoms with Gasteiger partial charge in [-0.2, -0.15) is 0 Å². The number of para-hydroxylation sites is 1. The highest BCUT2D eigenvalue weighted by atomic mass is 35.5. The van der Waals surface area contributed by atoms with Crippen molar-refractivity contribution in [2.45, 2.75) is 26.2 Å². The fraction of sp³-hybridized carbons (Fsp3) is 0.650. The maximum atomic E-state index is 11.2. The number of benzene rings is 1. The molecule has 3 rings (SSSR count). The average molecular weight is 364 g/mol. The van der Waals surface area contributed by atoms with Gasteiger partial charge in [0.1, 0.15) is 5.78 Å². The number of likely N-dealkylation sites (tertiary alicyclic amines) is 1. The molecule has 0 spiro atoms. The van der Waals surface area contributed by atoms with E-state index in [0.29, 0.717) is 6.54 Å². The summed E-state index contributed by atoms with van der Waals surface area (Å²) in [6.07, 6.45) is 3.78. The Morgan fingerprint density at radius 3 is 2.36 bits per heavy atom. The first kappa shape index (κ1) is 18.7. The van der Waals surface area contributed by atoms with Crippen molar-refractivity contribution < 1.29 is 4.79 Å². The molecule has 0 radical (unpaired) electrons. The van der Waals surface area contributed by atoms with E-state index in [1.165, 1.54) is 31.5 Å². The first-order valence-electron chi connectivity index (χ1n) is 9.55. The molecule has 2 heterocycles. The highest BCUT2D eigenvalue weighted by Gasteiger charge is 2.22. The lowest BCUT2D eigenvalue weighted by atomic mass is 9.93. The summed E-state index contributed by atoms with van der Waals surface area (Å²) in [4.78, 5) is 18.5. The molecule has 0 aliphatic carbocycles. The third-order valence-electron chi connectivity index (χ3n) is 5.57. The molecule has 1 aromatic carbocycles. The Balaban J connectivity index is 1.36. The normalized spacial score (nSPS) is 20.8. The van der Waals surface area contributed by atoms with Crippen molar-refractivity contribution in [3.63, 3.8) is 0 Å². The number of halogens is 1. The van der Waals surface area contributed by atoms with Gasteiger partial charge in [-0.1, -0.05) is 23.7 Å². The molecule has 0 N–H and O–H groups in total. The number of carbonyl (C=O) groups is 1. The Bertz CT molecular complexity index is 564. The van der Waals surface area contributed by atoms with Crippen LogP contribution in [0.3, 0.4) is 0 Å². The summed E-state index contributed by atoms with van der Waals surface area (Å²) in [6.45, 7) is 10.1. The number of piperazine rings is 1. The molecule has 0 amide bonds. The third-order valence-corrected chi connectivity index (χ3v) is 5.89. The van der Waals surface area contributed by atoms with Gasteiger partial charge < -0.3 is 4.90 Å². The first-order chi connectivity index (χ1) is 12.1. The molecule has 25 heavy (non-hydrogen) atoms. The van der Waals surface area contributed by atoms with Gasteiger partial charge in [0.25, 0.3) is 0 Å². The number of nitrogens with zero attached hydrogens (tertiary/aromatic N) is 3. The molecule has 0 saturated carbocycles. The minimum Gasteiger partial charge on any atom is -0.368 e. The van der Waals surface area contributed by atoms with Crippen LogP contribution >= 0.6 is 11.6 Å². The van der Waals surface area contributed by atoms with E-state index in [1.54, 1.807) is 6.92 Å². The van der Waals surface area contributed by atoms with E-state index in [1.807, 2.05) is 12.1 Å². The second kappa shape index (κ2) is 9.02. The molecule has 0 aromatic heterocycles. The number of ketones is 1. The molecule has 2 saturated heterocycles. The molecule has 5 heteroatoms. The summed E-state index contributed by atoms with van der Waals surface area (Å²) in [6, 6.07) is 8.14. The predicted octanol–water partition coefficient (Wildman–Crippen LogP) is 3.15. The van der Waals surface area contributed by atoms with E-state index in [2.05, 4.69) is 26.8 Å². The van der Waals surface area contributed by atoms with Crippen molar-refractivity contribution in [1.82, 2.24) is 9.80 Å². The highest BCUT2D eigenvalue weighted by Crippen LogP contribution is 2.26. The molecule has 2 aliphatic rings. The van der Waals surface area contributed by atoms with Crippen molar-refractivity contribution in [1.29, 1.82) is 0 Å². The SMILES string of the molecule is CC(=O)CN1CCC(CCN2CCN(c3ccccc3Cl)CC2)CC1. The van der Waals surface area contributed by atoms with Crippen LogP contribution in [0.1, 0.15) is 26.2 Å². The second-order valence-electron chi connectivity index (χ2n) is 7.49. The molecule has 0 unspecified atom stereocenters. The lowest BCUT2D eigenvalue weighted by Crippen LogP contribution is -2.47. The van der Waals surface area contributed by atoms with Crippen LogP contribution in [0.25, 0.3) is 0 Å². The summed E-state index contributed by atoms with van der Waals surface area (Å²) in [5.74, 6) is 1.11. The number of anilines is 1. The molecule has 2 aliphatic heterocycles. The van der Waals surface area contributed by atoms with E-state index in [0.717, 1.165) is 50.2 Å². The number of hydrogen-bond acceptors (Lipinski definition) is 4. The highest BCUT2D eigenvalue weighted by molar-refractivity contribution is 6.33. The van der Waals surface area contributed by atoms with Crippen LogP contribution < -0.4 is 4.90 Å². The minimum absolute atomic E-state index is 0.287. The number of rotatable bonds is 6. The Morgan fingerprint density at radius 1 is 1.04 bits per heavy atom. The van der Waals surface area contributed by atoms with Gasteiger partial charge in [0.05, 0.1) is 17.3 Å². The van der Waals surface area contributed by atoms with Gasteiger partial charge in [-0.3, -0.25) is 14.6 Å². The second-order valence-corrected chi connectivity index (χ2v) is 7.90. The van der Waals surface area contributed by atoms with Crippen molar-refractivity contribution in [3.8, 4) is 0 Å². The fourth-order valence-electron chi connectivity index (χ4n) is 4.03. The van der Waals surface area contributed by atoms with Crippen molar-refractivity contribution in [2.24, 2.45) is 5.92 Å². The van der Waals surface area contributed by atoms with E-state index in [4.69, 9.17) is 11.6 Å². The quantitative estimate of drug-likeness (QED) is 0.775. The number of Topliss-reactive ketones (excluding diaryl/α,β-unsaturated/α-hetero) is 1. The third kappa shape index (κ3) is 5.44.